The second kappa shape index (κ2) is 1.97. The van der Waals surface area contributed by atoms with Crippen molar-refractivity contribution in [2.24, 2.45) is 11.3 Å². The molecule has 3 heteroatoms. The predicted molar refractivity (Wildman–Crippen MR) is 38.9 cm³/mol. The van der Waals surface area contributed by atoms with E-state index in [4.69, 9.17) is 0 Å². The summed E-state index contributed by atoms with van der Waals surface area (Å²) in [5.41, 5.74) is -0.233. The number of fused-ring (bicyclic) bond motifs is 2. The molecule has 0 aromatic carbocycles. The summed E-state index contributed by atoms with van der Waals surface area (Å²) in [6.45, 7) is 1.93. The summed E-state index contributed by atoms with van der Waals surface area (Å²) in [6, 6.07) is 0. The Labute approximate surface area is 65.7 Å². The van der Waals surface area contributed by atoms with Crippen LogP contribution in [0.4, 0.5) is 0 Å². The summed E-state index contributed by atoms with van der Waals surface area (Å²) in [5.74, 6) is -0.0880. The first-order valence-electron chi connectivity index (χ1n) is 4.09. The topological polar surface area (TPSA) is 60.7 Å². The minimum absolute atomic E-state index is 0.0880. The SMILES string of the molecule is CC12CC(O)C(C1)C(O)C2O. The first kappa shape index (κ1) is 7.53. The third kappa shape index (κ3) is 0.789. The van der Waals surface area contributed by atoms with E-state index in [9.17, 15) is 15.3 Å². The van der Waals surface area contributed by atoms with Gasteiger partial charge in [-0.05, 0) is 18.3 Å². The molecule has 5 unspecified atom stereocenters. The van der Waals surface area contributed by atoms with Gasteiger partial charge < -0.3 is 15.3 Å². The Morgan fingerprint density at radius 2 is 1.82 bits per heavy atom. The number of rotatable bonds is 0. The van der Waals surface area contributed by atoms with Gasteiger partial charge in [0.15, 0.2) is 0 Å². The van der Waals surface area contributed by atoms with Crippen LogP contribution < -0.4 is 0 Å². The van der Waals surface area contributed by atoms with Crippen LogP contribution in [0.3, 0.4) is 0 Å². The summed E-state index contributed by atoms with van der Waals surface area (Å²) in [5, 5.41) is 28.3. The van der Waals surface area contributed by atoms with Gasteiger partial charge in [0.2, 0.25) is 0 Å². The van der Waals surface area contributed by atoms with Crippen molar-refractivity contribution < 1.29 is 15.3 Å². The molecule has 2 aliphatic rings. The minimum atomic E-state index is -0.705. The van der Waals surface area contributed by atoms with Crippen LogP contribution >= 0.6 is 0 Å². The van der Waals surface area contributed by atoms with Crippen molar-refractivity contribution in [3.05, 3.63) is 0 Å². The fraction of sp³-hybridized carbons (Fsp3) is 1.00. The normalized spacial score (nSPS) is 62.2. The molecular weight excluding hydrogens is 144 g/mol. The average molecular weight is 158 g/mol. The lowest BCUT2D eigenvalue weighted by molar-refractivity contribution is -0.0831. The Hall–Kier alpha value is -0.120. The Morgan fingerprint density at radius 3 is 2.18 bits per heavy atom. The summed E-state index contributed by atoms with van der Waals surface area (Å²) < 4.78 is 0. The van der Waals surface area contributed by atoms with Gasteiger partial charge in [0.1, 0.15) is 0 Å². The zero-order chi connectivity index (χ0) is 8.22. The molecule has 2 rings (SSSR count). The van der Waals surface area contributed by atoms with Crippen LogP contribution in [0.5, 0.6) is 0 Å². The van der Waals surface area contributed by atoms with E-state index in [0.29, 0.717) is 6.42 Å². The fourth-order valence-electron chi connectivity index (χ4n) is 2.62. The highest BCUT2D eigenvalue weighted by Crippen LogP contribution is 2.53. The van der Waals surface area contributed by atoms with E-state index in [0.717, 1.165) is 6.42 Å². The van der Waals surface area contributed by atoms with Crippen molar-refractivity contribution in [2.75, 3.05) is 0 Å². The summed E-state index contributed by atoms with van der Waals surface area (Å²) in [7, 11) is 0. The van der Waals surface area contributed by atoms with Gasteiger partial charge in [-0.1, -0.05) is 6.92 Å². The molecule has 64 valence electrons. The van der Waals surface area contributed by atoms with Crippen molar-refractivity contribution in [3.8, 4) is 0 Å². The van der Waals surface area contributed by atoms with Gasteiger partial charge in [-0.25, -0.2) is 0 Å². The van der Waals surface area contributed by atoms with Gasteiger partial charge in [0, 0.05) is 5.92 Å². The van der Waals surface area contributed by atoms with E-state index >= 15 is 0 Å². The maximum Gasteiger partial charge on any atom is 0.0857 e. The second-order valence-electron chi connectivity index (χ2n) is 4.23. The van der Waals surface area contributed by atoms with E-state index in [1.807, 2.05) is 6.92 Å². The summed E-state index contributed by atoms with van der Waals surface area (Å²) >= 11 is 0. The maximum absolute atomic E-state index is 9.50. The van der Waals surface area contributed by atoms with E-state index in [1.54, 1.807) is 0 Å². The highest BCUT2D eigenvalue weighted by atomic mass is 16.3. The molecule has 0 amide bonds. The van der Waals surface area contributed by atoms with E-state index in [1.165, 1.54) is 0 Å². The van der Waals surface area contributed by atoms with Gasteiger partial charge in [-0.3, -0.25) is 0 Å². The average Bonchev–Trinajstić information content (AvgIpc) is 2.32. The molecule has 5 atom stereocenters. The van der Waals surface area contributed by atoms with Crippen molar-refractivity contribution in [2.45, 2.75) is 38.1 Å². The Bertz CT molecular complexity index is 182. The lowest BCUT2D eigenvalue weighted by Gasteiger charge is -2.32. The van der Waals surface area contributed by atoms with Crippen LogP contribution in [0.2, 0.25) is 0 Å². The Kier molecular flexibility index (Phi) is 1.35. The van der Waals surface area contributed by atoms with E-state index < -0.39 is 18.3 Å². The smallest absolute Gasteiger partial charge is 0.0857 e. The maximum atomic E-state index is 9.50. The first-order valence-corrected chi connectivity index (χ1v) is 4.09. The molecule has 0 radical (unpaired) electrons. The molecule has 0 spiro atoms. The second-order valence-corrected chi connectivity index (χ2v) is 4.23. The predicted octanol–water partition coefficient (Wildman–Crippen LogP) is -0.501. The van der Waals surface area contributed by atoms with Crippen molar-refractivity contribution in [3.63, 3.8) is 0 Å². The van der Waals surface area contributed by atoms with Crippen LogP contribution in [-0.2, 0) is 0 Å². The van der Waals surface area contributed by atoms with Crippen molar-refractivity contribution in [1.29, 1.82) is 0 Å². The molecular formula is C8H14O3. The Morgan fingerprint density at radius 1 is 1.18 bits per heavy atom. The van der Waals surface area contributed by atoms with Gasteiger partial charge >= 0.3 is 0 Å². The monoisotopic (exact) mass is 158 g/mol. The summed E-state index contributed by atoms with van der Waals surface area (Å²) in [6.07, 6.45) is -0.343. The van der Waals surface area contributed by atoms with Crippen LogP contribution in [0.1, 0.15) is 19.8 Å². The third-order valence-corrected chi connectivity index (χ3v) is 3.35. The number of hydrogen-bond acceptors (Lipinski definition) is 3. The van der Waals surface area contributed by atoms with Gasteiger partial charge in [-0.2, -0.15) is 0 Å². The standard InChI is InChI=1S/C8H14O3/c1-8-2-4(5(9)3-8)6(10)7(8)11/h4-7,9-11H,2-3H2,1H3. The fourth-order valence-corrected chi connectivity index (χ4v) is 2.62. The summed E-state index contributed by atoms with van der Waals surface area (Å²) in [4.78, 5) is 0. The molecule has 11 heavy (non-hydrogen) atoms. The molecule has 0 heterocycles. The highest BCUT2D eigenvalue weighted by molar-refractivity contribution is 5.08. The molecule has 2 aliphatic carbocycles. The van der Waals surface area contributed by atoms with Gasteiger partial charge in [0.05, 0.1) is 18.3 Å². The molecule has 2 fully saturated rings. The Balaban J connectivity index is 2.27. The van der Waals surface area contributed by atoms with Crippen LogP contribution in [0.25, 0.3) is 0 Å². The first-order chi connectivity index (χ1) is 5.04. The van der Waals surface area contributed by atoms with Crippen molar-refractivity contribution >= 4 is 0 Å². The number of hydrogen-bond donors (Lipinski definition) is 3. The molecule has 3 nitrogen and oxygen atoms in total. The van der Waals surface area contributed by atoms with Crippen LogP contribution in [-0.4, -0.2) is 33.6 Å². The minimum Gasteiger partial charge on any atom is -0.393 e. The lowest BCUT2D eigenvalue weighted by atomic mass is 9.82. The van der Waals surface area contributed by atoms with Crippen LogP contribution in [0.15, 0.2) is 0 Å². The molecule has 2 bridgehead atoms. The van der Waals surface area contributed by atoms with Gasteiger partial charge in [0.25, 0.3) is 0 Å². The van der Waals surface area contributed by atoms with Crippen molar-refractivity contribution in [1.82, 2.24) is 0 Å². The molecule has 0 saturated heterocycles. The molecule has 0 aromatic heterocycles. The van der Waals surface area contributed by atoms with Gasteiger partial charge in [-0.15, -0.1) is 0 Å². The number of aliphatic hydroxyl groups excluding tert-OH is 3. The van der Waals surface area contributed by atoms with Crippen LogP contribution in [0, 0.1) is 11.3 Å². The molecule has 3 N–H and O–H groups in total. The lowest BCUT2D eigenvalue weighted by Crippen LogP contribution is -2.43. The molecule has 0 aliphatic heterocycles. The molecule has 2 saturated carbocycles. The zero-order valence-corrected chi connectivity index (χ0v) is 6.57. The third-order valence-electron chi connectivity index (χ3n) is 3.35. The quantitative estimate of drug-likeness (QED) is 0.445. The molecule has 0 aromatic rings. The number of aliphatic hydroxyl groups is 3. The largest absolute Gasteiger partial charge is 0.393 e. The van der Waals surface area contributed by atoms with E-state index in [-0.39, 0.29) is 11.3 Å². The highest BCUT2D eigenvalue weighted by Gasteiger charge is 2.58. The zero-order valence-electron chi connectivity index (χ0n) is 6.57. The van der Waals surface area contributed by atoms with E-state index in [2.05, 4.69) is 0 Å².